The molecule has 0 spiro atoms. The van der Waals surface area contributed by atoms with Gasteiger partial charge in [-0.3, -0.25) is 14.9 Å². The number of barbiturate groups is 1. The number of carbonyl (C=O) groups excluding carboxylic acids is 3. The largest absolute Gasteiger partial charge is 0.496 e. The zero-order valence-corrected chi connectivity index (χ0v) is 18.2. The Labute approximate surface area is 191 Å². The summed E-state index contributed by atoms with van der Waals surface area (Å²) in [5.74, 6) is -0.387. The molecule has 3 aromatic rings. The lowest BCUT2D eigenvalue weighted by Crippen LogP contribution is -2.54. The van der Waals surface area contributed by atoms with Crippen molar-refractivity contribution < 1.29 is 23.9 Å². The van der Waals surface area contributed by atoms with Crippen molar-refractivity contribution in [2.45, 2.75) is 13.5 Å². The molecule has 166 valence electrons. The van der Waals surface area contributed by atoms with Gasteiger partial charge in [0.25, 0.3) is 11.8 Å². The Kier molecular flexibility index (Phi) is 6.22. The Morgan fingerprint density at radius 1 is 0.909 bits per heavy atom. The number of imide groups is 2. The molecule has 3 aromatic carbocycles. The lowest BCUT2D eigenvalue weighted by molar-refractivity contribution is -0.122. The van der Waals surface area contributed by atoms with E-state index in [2.05, 4.69) is 5.32 Å². The number of carbonyl (C=O) groups is 3. The number of amides is 4. The molecular formula is C26H22N2O5. The zero-order valence-electron chi connectivity index (χ0n) is 18.2. The molecule has 0 saturated carbocycles. The van der Waals surface area contributed by atoms with E-state index in [1.54, 1.807) is 48.5 Å². The minimum absolute atomic E-state index is 0.168. The normalized spacial score (nSPS) is 14.9. The van der Waals surface area contributed by atoms with Gasteiger partial charge in [-0.1, -0.05) is 48.0 Å². The highest BCUT2D eigenvalue weighted by molar-refractivity contribution is 6.39. The fourth-order valence-corrected chi connectivity index (χ4v) is 3.38. The minimum Gasteiger partial charge on any atom is -0.496 e. The van der Waals surface area contributed by atoms with Gasteiger partial charge in [0, 0.05) is 5.56 Å². The minimum atomic E-state index is -0.810. The van der Waals surface area contributed by atoms with Gasteiger partial charge in [-0.15, -0.1) is 0 Å². The molecule has 4 amide bonds. The van der Waals surface area contributed by atoms with E-state index in [1.807, 2.05) is 31.2 Å². The van der Waals surface area contributed by atoms with Crippen LogP contribution in [-0.4, -0.2) is 25.0 Å². The number of benzene rings is 3. The number of aryl methyl sites for hydroxylation is 1. The van der Waals surface area contributed by atoms with Crippen molar-refractivity contribution in [3.8, 4) is 11.5 Å². The van der Waals surface area contributed by atoms with Crippen molar-refractivity contribution in [3.05, 3.63) is 95.1 Å². The molecule has 0 atom stereocenters. The standard InChI is InChI=1S/C26H22N2O5/c1-17-7-9-18(10-8-17)16-33-21-13-11-20(12-14-21)28-25(30)22(24(29)27-26(28)31)15-19-5-3-4-6-23(19)32-2/h3-15H,16H2,1-2H3,(H,27,29,31)/b22-15-. The second kappa shape index (κ2) is 9.40. The van der Waals surface area contributed by atoms with Gasteiger partial charge >= 0.3 is 6.03 Å². The average molecular weight is 442 g/mol. The second-order valence-electron chi connectivity index (χ2n) is 7.47. The van der Waals surface area contributed by atoms with Crippen molar-refractivity contribution in [3.63, 3.8) is 0 Å². The quantitative estimate of drug-likeness (QED) is 0.456. The number of nitrogens with one attached hydrogen (secondary N) is 1. The van der Waals surface area contributed by atoms with Gasteiger partial charge in [0.15, 0.2) is 0 Å². The van der Waals surface area contributed by atoms with Gasteiger partial charge < -0.3 is 9.47 Å². The first kappa shape index (κ1) is 21.8. The van der Waals surface area contributed by atoms with Crippen LogP contribution in [0.1, 0.15) is 16.7 Å². The van der Waals surface area contributed by atoms with Gasteiger partial charge in [-0.25, -0.2) is 9.69 Å². The van der Waals surface area contributed by atoms with E-state index in [1.165, 1.54) is 18.7 Å². The number of hydrogen-bond donors (Lipinski definition) is 1. The summed E-state index contributed by atoms with van der Waals surface area (Å²) in [4.78, 5) is 38.8. The molecule has 4 rings (SSSR count). The SMILES string of the molecule is COc1ccccc1/C=C1/C(=O)NC(=O)N(c2ccc(OCc3ccc(C)cc3)cc2)C1=O. The third-order valence-corrected chi connectivity index (χ3v) is 5.16. The average Bonchev–Trinajstić information content (AvgIpc) is 2.82. The van der Waals surface area contributed by atoms with Crippen molar-refractivity contribution >= 4 is 29.6 Å². The van der Waals surface area contributed by atoms with E-state index in [-0.39, 0.29) is 5.57 Å². The van der Waals surface area contributed by atoms with E-state index < -0.39 is 17.8 Å². The summed E-state index contributed by atoms with van der Waals surface area (Å²) in [7, 11) is 1.50. The number of anilines is 1. The lowest BCUT2D eigenvalue weighted by Gasteiger charge is -2.26. The molecule has 7 heteroatoms. The Balaban J connectivity index is 1.54. The Bertz CT molecular complexity index is 1230. The van der Waals surface area contributed by atoms with Crippen molar-refractivity contribution in [2.24, 2.45) is 0 Å². The number of hydrogen-bond acceptors (Lipinski definition) is 5. The molecule has 1 N–H and O–H groups in total. The Morgan fingerprint density at radius 2 is 1.61 bits per heavy atom. The molecule has 0 unspecified atom stereocenters. The van der Waals surface area contributed by atoms with Crippen molar-refractivity contribution in [1.29, 1.82) is 0 Å². The molecule has 0 aliphatic carbocycles. The molecule has 1 saturated heterocycles. The van der Waals surface area contributed by atoms with Crippen LogP contribution >= 0.6 is 0 Å². The second-order valence-corrected chi connectivity index (χ2v) is 7.47. The van der Waals surface area contributed by atoms with Crippen LogP contribution in [0.15, 0.2) is 78.4 Å². The van der Waals surface area contributed by atoms with Crippen LogP contribution in [0.4, 0.5) is 10.5 Å². The first-order valence-electron chi connectivity index (χ1n) is 10.3. The summed E-state index contributed by atoms with van der Waals surface area (Å²) in [5, 5.41) is 2.22. The first-order chi connectivity index (χ1) is 16.0. The maximum Gasteiger partial charge on any atom is 0.335 e. The predicted molar refractivity (Wildman–Crippen MR) is 124 cm³/mol. The van der Waals surface area contributed by atoms with Crippen molar-refractivity contribution in [2.75, 3.05) is 12.0 Å². The van der Waals surface area contributed by atoms with Crippen LogP contribution in [0.2, 0.25) is 0 Å². The molecule has 0 radical (unpaired) electrons. The molecule has 1 aliphatic rings. The van der Waals surface area contributed by atoms with Crippen LogP contribution in [0.25, 0.3) is 6.08 Å². The summed E-state index contributed by atoms with van der Waals surface area (Å²) >= 11 is 0. The Hall–Kier alpha value is -4.39. The Morgan fingerprint density at radius 3 is 2.30 bits per heavy atom. The highest BCUT2D eigenvalue weighted by atomic mass is 16.5. The van der Waals surface area contributed by atoms with Gasteiger partial charge in [-0.05, 0) is 48.9 Å². The maximum absolute atomic E-state index is 13.1. The van der Waals surface area contributed by atoms with Gasteiger partial charge in [0.05, 0.1) is 12.8 Å². The summed E-state index contributed by atoms with van der Waals surface area (Å²) in [6, 6.07) is 20.7. The molecule has 33 heavy (non-hydrogen) atoms. The van der Waals surface area contributed by atoms with Crippen LogP contribution in [0, 0.1) is 6.92 Å². The summed E-state index contributed by atoms with van der Waals surface area (Å²) in [6.07, 6.45) is 1.41. The predicted octanol–water partition coefficient (Wildman–Crippen LogP) is 4.25. The third-order valence-electron chi connectivity index (χ3n) is 5.16. The van der Waals surface area contributed by atoms with E-state index in [0.29, 0.717) is 29.4 Å². The van der Waals surface area contributed by atoms with Gasteiger partial charge in [0.2, 0.25) is 0 Å². The lowest BCUT2D eigenvalue weighted by atomic mass is 10.1. The number of nitrogens with zero attached hydrogens (tertiary/aromatic N) is 1. The summed E-state index contributed by atoms with van der Waals surface area (Å²) in [6.45, 7) is 2.41. The number of para-hydroxylation sites is 1. The smallest absolute Gasteiger partial charge is 0.335 e. The monoisotopic (exact) mass is 442 g/mol. The number of rotatable bonds is 6. The van der Waals surface area contributed by atoms with E-state index in [0.717, 1.165) is 10.5 Å². The maximum atomic E-state index is 13.1. The molecule has 7 nitrogen and oxygen atoms in total. The molecular weight excluding hydrogens is 420 g/mol. The zero-order chi connectivity index (χ0) is 23.4. The molecule has 1 fully saturated rings. The fourth-order valence-electron chi connectivity index (χ4n) is 3.38. The van der Waals surface area contributed by atoms with Gasteiger partial charge in [0.1, 0.15) is 23.7 Å². The van der Waals surface area contributed by atoms with Gasteiger partial charge in [-0.2, -0.15) is 0 Å². The van der Waals surface area contributed by atoms with Crippen LogP contribution in [0.5, 0.6) is 11.5 Å². The van der Waals surface area contributed by atoms with Crippen molar-refractivity contribution in [1.82, 2.24) is 5.32 Å². The molecule has 0 aromatic heterocycles. The van der Waals surface area contributed by atoms with Crippen LogP contribution in [0.3, 0.4) is 0 Å². The summed E-state index contributed by atoms with van der Waals surface area (Å²) in [5.41, 5.74) is 2.90. The number of urea groups is 1. The number of methoxy groups -OCH3 is 1. The summed E-state index contributed by atoms with van der Waals surface area (Å²) < 4.78 is 11.1. The molecule has 1 aliphatic heterocycles. The third kappa shape index (κ3) is 4.77. The topological polar surface area (TPSA) is 84.9 Å². The molecule has 1 heterocycles. The van der Waals surface area contributed by atoms with E-state index >= 15 is 0 Å². The highest BCUT2D eigenvalue weighted by Gasteiger charge is 2.37. The fraction of sp³-hybridized carbons (Fsp3) is 0.115. The molecule has 0 bridgehead atoms. The number of ether oxygens (including phenoxy) is 2. The van der Waals surface area contributed by atoms with Crippen LogP contribution < -0.4 is 19.7 Å². The highest BCUT2D eigenvalue weighted by Crippen LogP contribution is 2.26. The van der Waals surface area contributed by atoms with E-state index in [4.69, 9.17) is 9.47 Å². The van der Waals surface area contributed by atoms with Crippen LogP contribution in [-0.2, 0) is 16.2 Å². The first-order valence-corrected chi connectivity index (χ1v) is 10.3. The van der Waals surface area contributed by atoms with E-state index in [9.17, 15) is 14.4 Å².